The third-order valence-electron chi connectivity index (χ3n) is 5.66. The van der Waals surface area contributed by atoms with Gasteiger partial charge in [-0.2, -0.15) is 5.26 Å². The van der Waals surface area contributed by atoms with Gasteiger partial charge in [0, 0.05) is 16.1 Å². The Morgan fingerprint density at radius 3 is 2.38 bits per heavy atom. The summed E-state index contributed by atoms with van der Waals surface area (Å²) in [6.07, 6.45) is 0. The Balaban J connectivity index is 1.86. The van der Waals surface area contributed by atoms with E-state index in [1.807, 2.05) is 71.1 Å². The zero-order valence-electron chi connectivity index (χ0n) is 16.7. The number of halogens is 1. The number of nitrogen functional groups attached to an aromatic ring is 1. The van der Waals surface area contributed by atoms with E-state index >= 15 is 0 Å². The summed E-state index contributed by atoms with van der Waals surface area (Å²) in [7, 11) is 0. The predicted octanol–water partition coefficient (Wildman–Crippen LogP) is 5.81. The van der Waals surface area contributed by atoms with Crippen LogP contribution < -0.4 is 5.73 Å². The van der Waals surface area contributed by atoms with E-state index in [0.29, 0.717) is 44.6 Å². The zero-order valence-corrected chi connectivity index (χ0v) is 17.4. The van der Waals surface area contributed by atoms with Gasteiger partial charge in [-0.1, -0.05) is 54.1 Å². The Hall–Kier alpha value is -4.34. The Morgan fingerprint density at radius 1 is 0.875 bits per heavy atom. The molecule has 0 atom stereocenters. The van der Waals surface area contributed by atoms with Crippen molar-refractivity contribution >= 4 is 45.1 Å². The van der Waals surface area contributed by atoms with Crippen LogP contribution in [0.15, 0.2) is 72.8 Å². The predicted molar refractivity (Wildman–Crippen MR) is 127 cm³/mol. The molecule has 0 saturated carbocycles. The number of hydrogen-bond acceptors (Lipinski definition) is 4. The topological polar surface area (TPSA) is 95.8 Å². The van der Waals surface area contributed by atoms with E-state index in [1.54, 1.807) is 6.07 Å². The number of aromatic nitrogens is 4. The lowest BCUT2D eigenvalue weighted by atomic mass is 9.95. The molecular formula is C25H15ClN6. The highest BCUT2D eigenvalue weighted by atomic mass is 35.5. The summed E-state index contributed by atoms with van der Waals surface area (Å²) in [6.45, 7) is 0. The maximum Gasteiger partial charge on any atom is 0.158 e. The Bertz CT molecular complexity index is 1690. The van der Waals surface area contributed by atoms with Crippen molar-refractivity contribution in [3.8, 4) is 28.6 Å². The Labute approximate surface area is 187 Å². The minimum absolute atomic E-state index is 0.388. The first-order valence-corrected chi connectivity index (χ1v) is 10.4. The molecule has 0 fully saturated rings. The highest BCUT2D eigenvalue weighted by Gasteiger charge is 2.26. The van der Waals surface area contributed by atoms with Crippen molar-refractivity contribution in [1.82, 2.24) is 19.4 Å². The summed E-state index contributed by atoms with van der Waals surface area (Å²) in [5.41, 5.74) is 12.9. The fourth-order valence-corrected chi connectivity index (χ4v) is 4.49. The molecule has 32 heavy (non-hydrogen) atoms. The van der Waals surface area contributed by atoms with Crippen LogP contribution in [0.5, 0.6) is 0 Å². The first-order chi connectivity index (χ1) is 15.7. The second-order valence-corrected chi connectivity index (χ2v) is 7.87. The largest absolute Gasteiger partial charge is 0.384 e. The summed E-state index contributed by atoms with van der Waals surface area (Å²) < 4.78 is 1.82. The van der Waals surface area contributed by atoms with E-state index in [9.17, 15) is 5.26 Å². The molecule has 0 spiro atoms. The first-order valence-electron chi connectivity index (χ1n) is 10.00. The lowest BCUT2D eigenvalue weighted by Crippen LogP contribution is -2.06. The molecule has 0 unspecified atom stereocenters. The molecule has 152 valence electrons. The van der Waals surface area contributed by atoms with Gasteiger partial charge in [-0.15, -0.1) is 0 Å². The molecule has 3 N–H and O–H groups in total. The van der Waals surface area contributed by atoms with Gasteiger partial charge in [0.2, 0.25) is 0 Å². The molecule has 0 amide bonds. The number of rotatable bonds is 2. The van der Waals surface area contributed by atoms with Crippen molar-refractivity contribution in [3.63, 3.8) is 0 Å². The molecule has 0 aliphatic carbocycles. The normalized spacial score (nSPS) is 11.4. The number of aromatic amines is 1. The van der Waals surface area contributed by atoms with Crippen LogP contribution >= 0.6 is 11.6 Å². The van der Waals surface area contributed by atoms with Crippen molar-refractivity contribution < 1.29 is 0 Å². The molecule has 7 heteroatoms. The van der Waals surface area contributed by atoms with Crippen molar-refractivity contribution in [1.29, 1.82) is 5.26 Å². The van der Waals surface area contributed by atoms with Gasteiger partial charge in [0.1, 0.15) is 23.3 Å². The second kappa shape index (κ2) is 6.84. The summed E-state index contributed by atoms with van der Waals surface area (Å²) in [4.78, 5) is 12.9. The fourth-order valence-electron chi connectivity index (χ4n) is 4.26. The smallest absolute Gasteiger partial charge is 0.158 e. The van der Waals surface area contributed by atoms with Crippen LogP contribution in [0.1, 0.15) is 5.56 Å². The molecule has 0 saturated heterocycles. The molecule has 3 heterocycles. The highest BCUT2D eigenvalue weighted by molar-refractivity contribution is 6.33. The number of anilines is 1. The molecule has 6 rings (SSSR count). The van der Waals surface area contributed by atoms with Gasteiger partial charge in [0.25, 0.3) is 0 Å². The summed E-state index contributed by atoms with van der Waals surface area (Å²) in [5.74, 6) is 0.997. The van der Waals surface area contributed by atoms with Gasteiger partial charge < -0.3 is 10.7 Å². The number of hydrogen-bond donors (Lipinski definition) is 2. The number of pyridine rings is 1. The Kier molecular flexibility index (Phi) is 3.94. The van der Waals surface area contributed by atoms with Crippen LogP contribution in [0.25, 0.3) is 50.2 Å². The molecule has 6 nitrogen and oxygen atoms in total. The van der Waals surface area contributed by atoms with Crippen LogP contribution in [0, 0.1) is 11.3 Å². The number of nitrogens with one attached hydrogen (secondary N) is 1. The average Bonchev–Trinajstić information content (AvgIpc) is 3.41. The van der Waals surface area contributed by atoms with E-state index < -0.39 is 0 Å². The summed E-state index contributed by atoms with van der Waals surface area (Å²) in [6, 6.07) is 25.2. The number of imidazole rings is 2. The number of nitrogens with two attached hydrogens (primary N) is 1. The third kappa shape index (κ3) is 2.52. The number of nitriles is 1. The van der Waals surface area contributed by atoms with E-state index in [-0.39, 0.29) is 0 Å². The lowest BCUT2D eigenvalue weighted by Gasteiger charge is -2.16. The monoisotopic (exact) mass is 434 g/mol. The Morgan fingerprint density at radius 2 is 1.59 bits per heavy atom. The SMILES string of the molecule is N#Cc1c(-c2ccccc2Cl)c(-c2nc3ccccc3[nH]2)c(N)n2c1nc1ccccc12. The average molecular weight is 435 g/mol. The van der Waals surface area contributed by atoms with Crippen LogP contribution in [-0.2, 0) is 0 Å². The lowest BCUT2D eigenvalue weighted by molar-refractivity contribution is 1.21. The minimum atomic E-state index is 0.388. The van der Waals surface area contributed by atoms with Crippen LogP contribution in [0.4, 0.5) is 5.82 Å². The molecule has 3 aromatic heterocycles. The standard InChI is InChI=1S/C25H15ClN6/c26-16-8-2-1-7-14(16)21-15(13-27)25-31-19-11-5-6-12-20(19)32(25)23(28)22(21)24-29-17-9-3-4-10-18(17)30-24/h1-12H,28H2,(H,29,30). The van der Waals surface area contributed by atoms with E-state index in [1.165, 1.54) is 0 Å². The third-order valence-corrected chi connectivity index (χ3v) is 5.99. The van der Waals surface area contributed by atoms with Gasteiger partial charge in [0.15, 0.2) is 5.65 Å². The number of nitrogens with zero attached hydrogens (tertiary/aromatic N) is 4. The highest BCUT2D eigenvalue weighted by Crippen LogP contribution is 2.43. The maximum absolute atomic E-state index is 10.3. The van der Waals surface area contributed by atoms with Gasteiger partial charge in [-0.25, -0.2) is 9.97 Å². The minimum Gasteiger partial charge on any atom is -0.384 e. The van der Waals surface area contributed by atoms with Gasteiger partial charge in [0.05, 0.1) is 27.6 Å². The van der Waals surface area contributed by atoms with Crippen molar-refractivity contribution in [2.75, 3.05) is 5.73 Å². The number of benzene rings is 3. The quantitative estimate of drug-likeness (QED) is 0.359. The van der Waals surface area contributed by atoms with Gasteiger partial charge in [-0.3, -0.25) is 4.40 Å². The van der Waals surface area contributed by atoms with Crippen molar-refractivity contribution in [3.05, 3.63) is 83.4 Å². The summed E-state index contributed by atoms with van der Waals surface area (Å²) >= 11 is 6.60. The fraction of sp³-hybridized carbons (Fsp3) is 0. The second-order valence-electron chi connectivity index (χ2n) is 7.46. The maximum atomic E-state index is 10.3. The van der Waals surface area contributed by atoms with Crippen molar-refractivity contribution in [2.45, 2.75) is 0 Å². The van der Waals surface area contributed by atoms with E-state index in [4.69, 9.17) is 27.3 Å². The molecule has 0 bridgehead atoms. The molecule has 0 aliphatic rings. The molecule has 6 aromatic rings. The van der Waals surface area contributed by atoms with Gasteiger partial charge in [-0.05, 0) is 30.3 Å². The van der Waals surface area contributed by atoms with Crippen LogP contribution in [0.3, 0.4) is 0 Å². The van der Waals surface area contributed by atoms with Crippen molar-refractivity contribution in [2.24, 2.45) is 0 Å². The number of fused-ring (bicyclic) bond motifs is 4. The summed E-state index contributed by atoms with van der Waals surface area (Å²) in [5, 5.41) is 10.8. The van der Waals surface area contributed by atoms with E-state index in [2.05, 4.69) is 11.1 Å². The molecule has 0 radical (unpaired) electrons. The zero-order chi connectivity index (χ0) is 21.8. The first kappa shape index (κ1) is 18.4. The number of H-pyrrole nitrogens is 1. The van der Waals surface area contributed by atoms with Crippen LogP contribution in [0.2, 0.25) is 5.02 Å². The molecule has 3 aromatic carbocycles. The van der Waals surface area contributed by atoms with Crippen LogP contribution in [-0.4, -0.2) is 19.4 Å². The molecule has 0 aliphatic heterocycles. The number of para-hydroxylation sites is 4. The van der Waals surface area contributed by atoms with E-state index in [0.717, 1.165) is 22.1 Å². The molecular weight excluding hydrogens is 420 g/mol. The van der Waals surface area contributed by atoms with Gasteiger partial charge >= 0.3 is 0 Å².